The number of hydrogen-bond donors (Lipinski definition) is 1. The Kier molecular flexibility index (Phi) is 3.49. The fourth-order valence-corrected chi connectivity index (χ4v) is 2.12. The summed E-state index contributed by atoms with van der Waals surface area (Å²) in [6.45, 7) is 0.617. The third kappa shape index (κ3) is 2.06. The average molecular weight is 231 g/mol. The third-order valence-electron chi connectivity index (χ3n) is 2.89. The summed E-state index contributed by atoms with van der Waals surface area (Å²) in [6.07, 6.45) is 0.816. The molecular formula is C14H17NO2. The van der Waals surface area contributed by atoms with Crippen molar-refractivity contribution in [2.45, 2.75) is 6.42 Å². The molecular weight excluding hydrogens is 214 g/mol. The number of nitrogens with two attached hydrogens (primary N) is 1. The minimum Gasteiger partial charge on any atom is -0.496 e. The summed E-state index contributed by atoms with van der Waals surface area (Å²) in [5, 5.41) is 2.13. The topological polar surface area (TPSA) is 44.5 Å². The molecule has 0 fully saturated rings. The van der Waals surface area contributed by atoms with Crippen LogP contribution in [0.15, 0.2) is 30.3 Å². The largest absolute Gasteiger partial charge is 0.496 e. The Morgan fingerprint density at radius 1 is 1.00 bits per heavy atom. The van der Waals surface area contributed by atoms with E-state index in [2.05, 4.69) is 12.1 Å². The van der Waals surface area contributed by atoms with Crippen molar-refractivity contribution in [1.29, 1.82) is 0 Å². The van der Waals surface area contributed by atoms with Crippen molar-refractivity contribution in [1.82, 2.24) is 0 Å². The fraction of sp³-hybridized carbons (Fsp3) is 0.286. The van der Waals surface area contributed by atoms with Gasteiger partial charge in [-0.25, -0.2) is 0 Å². The molecule has 0 aromatic heterocycles. The van der Waals surface area contributed by atoms with Gasteiger partial charge < -0.3 is 15.2 Å². The Morgan fingerprint density at radius 2 is 1.82 bits per heavy atom. The van der Waals surface area contributed by atoms with Gasteiger partial charge in [-0.05, 0) is 24.6 Å². The maximum Gasteiger partial charge on any atom is 0.130 e. The molecule has 17 heavy (non-hydrogen) atoms. The number of ether oxygens (including phenoxy) is 2. The Bertz CT molecular complexity index is 523. The molecule has 0 saturated carbocycles. The lowest BCUT2D eigenvalue weighted by Gasteiger charge is -2.13. The van der Waals surface area contributed by atoms with Gasteiger partial charge in [0.25, 0.3) is 0 Å². The van der Waals surface area contributed by atoms with Crippen molar-refractivity contribution in [3.63, 3.8) is 0 Å². The highest BCUT2D eigenvalue weighted by atomic mass is 16.5. The summed E-state index contributed by atoms with van der Waals surface area (Å²) < 4.78 is 10.8. The van der Waals surface area contributed by atoms with Gasteiger partial charge in [-0.15, -0.1) is 0 Å². The highest BCUT2D eigenvalue weighted by molar-refractivity contribution is 5.94. The van der Waals surface area contributed by atoms with Crippen LogP contribution in [0, 0.1) is 0 Å². The minimum absolute atomic E-state index is 0.617. The van der Waals surface area contributed by atoms with Crippen molar-refractivity contribution < 1.29 is 9.47 Å². The lowest BCUT2D eigenvalue weighted by atomic mass is 10.0. The quantitative estimate of drug-likeness (QED) is 0.878. The summed E-state index contributed by atoms with van der Waals surface area (Å²) in [4.78, 5) is 0. The highest BCUT2D eigenvalue weighted by Gasteiger charge is 2.10. The lowest BCUT2D eigenvalue weighted by Crippen LogP contribution is -2.04. The van der Waals surface area contributed by atoms with Crippen molar-refractivity contribution >= 4 is 10.8 Å². The van der Waals surface area contributed by atoms with Gasteiger partial charge >= 0.3 is 0 Å². The third-order valence-corrected chi connectivity index (χ3v) is 2.89. The van der Waals surface area contributed by atoms with E-state index in [9.17, 15) is 0 Å². The van der Waals surface area contributed by atoms with Gasteiger partial charge in [0, 0.05) is 10.8 Å². The van der Waals surface area contributed by atoms with E-state index < -0.39 is 0 Å². The van der Waals surface area contributed by atoms with E-state index in [1.807, 2.05) is 18.2 Å². The first kappa shape index (κ1) is 11.7. The second-order valence-electron chi connectivity index (χ2n) is 3.85. The maximum absolute atomic E-state index is 5.60. The van der Waals surface area contributed by atoms with E-state index in [1.165, 1.54) is 0 Å². The van der Waals surface area contributed by atoms with Gasteiger partial charge in [-0.1, -0.05) is 24.3 Å². The molecule has 0 amide bonds. The van der Waals surface area contributed by atoms with Crippen molar-refractivity contribution in [3.05, 3.63) is 35.9 Å². The van der Waals surface area contributed by atoms with Crippen LogP contribution in [0.1, 0.15) is 5.56 Å². The molecule has 0 aliphatic heterocycles. The van der Waals surface area contributed by atoms with Crippen LogP contribution < -0.4 is 15.2 Å². The Morgan fingerprint density at radius 3 is 2.47 bits per heavy atom. The molecule has 0 aliphatic rings. The van der Waals surface area contributed by atoms with Gasteiger partial charge in [-0.3, -0.25) is 0 Å². The zero-order chi connectivity index (χ0) is 12.3. The molecule has 0 atom stereocenters. The second-order valence-corrected chi connectivity index (χ2v) is 3.85. The van der Waals surface area contributed by atoms with Gasteiger partial charge in [-0.2, -0.15) is 0 Å². The van der Waals surface area contributed by atoms with Gasteiger partial charge in [0.1, 0.15) is 11.5 Å². The lowest BCUT2D eigenvalue weighted by molar-refractivity contribution is 0.412. The van der Waals surface area contributed by atoms with Gasteiger partial charge in [0.15, 0.2) is 0 Å². The first-order valence-electron chi connectivity index (χ1n) is 5.64. The van der Waals surface area contributed by atoms with Gasteiger partial charge in [0.2, 0.25) is 0 Å². The number of rotatable bonds is 4. The van der Waals surface area contributed by atoms with E-state index in [-0.39, 0.29) is 0 Å². The fourth-order valence-electron chi connectivity index (χ4n) is 2.12. The van der Waals surface area contributed by atoms with E-state index in [0.717, 1.165) is 34.3 Å². The predicted octanol–water partition coefficient (Wildman–Crippen LogP) is 2.36. The molecule has 0 spiro atoms. The van der Waals surface area contributed by atoms with Gasteiger partial charge in [0.05, 0.1) is 14.2 Å². The Labute approximate surface area is 101 Å². The van der Waals surface area contributed by atoms with Crippen molar-refractivity contribution in [2.24, 2.45) is 5.73 Å². The second kappa shape index (κ2) is 5.06. The van der Waals surface area contributed by atoms with E-state index in [0.29, 0.717) is 6.54 Å². The van der Waals surface area contributed by atoms with Crippen LogP contribution in [-0.4, -0.2) is 20.8 Å². The molecule has 90 valence electrons. The molecule has 0 radical (unpaired) electrons. The first-order valence-corrected chi connectivity index (χ1v) is 5.64. The average Bonchev–Trinajstić information content (AvgIpc) is 2.38. The summed E-state index contributed by atoms with van der Waals surface area (Å²) in [5.74, 6) is 1.76. The number of benzene rings is 2. The first-order chi connectivity index (χ1) is 8.31. The van der Waals surface area contributed by atoms with E-state index >= 15 is 0 Å². The Balaban J connectivity index is 2.69. The highest BCUT2D eigenvalue weighted by Crippen LogP contribution is 2.34. The number of methoxy groups -OCH3 is 2. The maximum atomic E-state index is 5.60. The smallest absolute Gasteiger partial charge is 0.130 e. The summed E-state index contributed by atoms with van der Waals surface area (Å²) in [6, 6.07) is 10.1. The SMILES string of the molecule is COc1cccc2c(OC)c(CCN)ccc12. The monoisotopic (exact) mass is 231 g/mol. The summed E-state index contributed by atoms with van der Waals surface area (Å²) in [7, 11) is 3.36. The number of fused-ring (bicyclic) bond motifs is 1. The standard InChI is InChI=1S/C14H17NO2/c1-16-13-5-3-4-12-11(13)7-6-10(8-9-15)14(12)17-2/h3-7H,8-9,15H2,1-2H3. The van der Waals surface area contributed by atoms with Crippen LogP contribution in [0.4, 0.5) is 0 Å². The van der Waals surface area contributed by atoms with Crippen molar-refractivity contribution in [3.8, 4) is 11.5 Å². The van der Waals surface area contributed by atoms with Crippen LogP contribution in [0.2, 0.25) is 0 Å². The molecule has 0 unspecified atom stereocenters. The molecule has 2 aromatic rings. The molecule has 0 bridgehead atoms. The molecule has 0 heterocycles. The zero-order valence-corrected chi connectivity index (χ0v) is 10.2. The molecule has 2 rings (SSSR count). The zero-order valence-electron chi connectivity index (χ0n) is 10.2. The molecule has 0 aliphatic carbocycles. The number of hydrogen-bond acceptors (Lipinski definition) is 3. The van der Waals surface area contributed by atoms with E-state index in [1.54, 1.807) is 14.2 Å². The minimum atomic E-state index is 0.617. The van der Waals surface area contributed by atoms with Crippen molar-refractivity contribution in [2.75, 3.05) is 20.8 Å². The van der Waals surface area contributed by atoms with Crippen LogP contribution in [-0.2, 0) is 6.42 Å². The van der Waals surface area contributed by atoms with Crippen LogP contribution >= 0.6 is 0 Å². The molecule has 3 nitrogen and oxygen atoms in total. The normalized spacial score (nSPS) is 10.5. The molecule has 2 N–H and O–H groups in total. The molecule has 3 heteroatoms. The van der Waals surface area contributed by atoms with Crippen LogP contribution in [0.3, 0.4) is 0 Å². The summed E-state index contributed by atoms with van der Waals surface area (Å²) >= 11 is 0. The van der Waals surface area contributed by atoms with E-state index in [4.69, 9.17) is 15.2 Å². The van der Waals surface area contributed by atoms with Crippen LogP contribution in [0.25, 0.3) is 10.8 Å². The predicted molar refractivity (Wildman–Crippen MR) is 69.8 cm³/mol. The molecule has 2 aromatic carbocycles. The molecule has 0 saturated heterocycles. The summed E-state index contributed by atoms with van der Waals surface area (Å²) in [5.41, 5.74) is 6.74. The van der Waals surface area contributed by atoms with Crippen LogP contribution in [0.5, 0.6) is 11.5 Å². The Hall–Kier alpha value is -1.74.